The van der Waals surface area contributed by atoms with Crippen molar-refractivity contribution in [3.05, 3.63) is 64.2 Å². The van der Waals surface area contributed by atoms with Crippen molar-refractivity contribution in [1.29, 1.82) is 0 Å². The van der Waals surface area contributed by atoms with Crippen LogP contribution >= 0.6 is 0 Å². The number of fused-ring (bicyclic) bond motifs is 1. The molecule has 0 fully saturated rings. The molecule has 7 heteroatoms. The molecule has 28 heavy (non-hydrogen) atoms. The van der Waals surface area contributed by atoms with Crippen LogP contribution in [0.2, 0.25) is 0 Å². The highest BCUT2D eigenvalue weighted by molar-refractivity contribution is 5.97. The van der Waals surface area contributed by atoms with Gasteiger partial charge in [0.25, 0.3) is 5.91 Å². The normalized spacial score (nSPS) is 15.6. The molecular weight excluding hydrogens is 369 g/mol. The lowest BCUT2D eigenvalue weighted by atomic mass is 9.91. The predicted molar refractivity (Wildman–Crippen MR) is 100 cm³/mol. The monoisotopic (exact) mass is 392 g/mol. The van der Waals surface area contributed by atoms with E-state index in [0.29, 0.717) is 0 Å². The van der Waals surface area contributed by atoms with Crippen molar-refractivity contribution in [2.24, 2.45) is 0 Å². The molecule has 1 aliphatic heterocycles. The quantitative estimate of drug-likeness (QED) is 0.848. The number of rotatable bonds is 4. The van der Waals surface area contributed by atoms with Gasteiger partial charge in [0.05, 0.1) is 24.3 Å². The molecule has 2 aromatic carbocycles. The first-order valence-electron chi connectivity index (χ1n) is 9.06. The molecule has 0 aromatic heterocycles. The number of likely N-dealkylation sites (N-methyl/N-ethyl adjacent to an activating group) is 1. The molecule has 1 atom stereocenters. The Morgan fingerprint density at radius 1 is 1.25 bits per heavy atom. The Balaban J connectivity index is 1.87. The number of halogens is 3. The fourth-order valence-corrected chi connectivity index (χ4v) is 3.60. The molecule has 150 valence electrons. The Bertz CT molecular complexity index is 880. The van der Waals surface area contributed by atoms with Crippen molar-refractivity contribution < 1.29 is 22.7 Å². The van der Waals surface area contributed by atoms with Gasteiger partial charge in [-0.05, 0) is 55.3 Å². The highest BCUT2D eigenvalue weighted by Gasteiger charge is 2.32. The zero-order valence-corrected chi connectivity index (χ0v) is 16.1. The summed E-state index contributed by atoms with van der Waals surface area (Å²) >= 11 is 0. The van der Waals surface area contributed by atoms with Crippen LogP contribution < -0.4 is 10.1 Å². The van der Waals surface area contributed by atoms with Gasteiger partial charge in [-0.15, -0.1) is 0 Å². The fourth-order valence-electron chi connectivity index (χ4n) is 3.60. The van der Waals surface area contributed by atoms with Crippen LogP contribution in [0.5, 0.6) is 5.75 Å². The first kappa shape index (κ1) is 20.2. The van der Waals surface area contributed by atoms with E-state index in [2.05, 4.69) is 23.3 Å². The van der Waals surface area contributed by atoms with Crippen LogP contribution in [0.15, 0.2) is 36.4 Å². The summed E-state index contributed by atoms with van der Waals surface area (Å²) in [5.74, 6) is -0.490. The first-order valence-corrected chi connectivity index (χ1v) is 9.06. The van der Waals surface area contributed by atoms with Gasteiger partial charge in [-0.3, -0.25) is 4.79 Å². The molecule has 0 spiro atoms. The van der Waals surface area contributed by atoms with E-state index < -0.39 is 17.6 Å². The predicted octanol–water partition coefficient (Wildman–Crippen LogP) is 4.19. The molecular formula is C21H23F3N2O2. The van der Waals surface area contributed by atoms with E-state index in [9.17, 15) is 18.0 Å². The minimum Gasteiger partial charge on any atom is -0.496 e. The molecule has 0 bridgehead atoms. The van der Waals surface area contributed by atoms with Crippen molar-refractivity contribution in [3.63, 3.8) is 0 Å². The van der Waals surface area contributed by atoms with Crippen LogP contribution in [-0.4, -0.2) is 31.5 Å². The number of carbonyl (C=O) groups is 1. The third kappa shape index (κ3) is 4.14. The van der Waals surface area contributed by atoms with E-state index in [1.165, 1.54) is 24.3 Å². The summed E-state index contributed by atoms with van der Waals surface area (Å²) in [6, 6.07) is 8.53. The average molecular weight is 392 g/mol. The molecule has 2 aromatic rings. The number of alkyl halides is 3. The maximum absolute atomic E-state index is 13.0. The van der Waals surface area contributed by atoms with Crippen LogP contribution in [-0.2, 0) is 19.1 Å². The van der Waals surface area contributed by atoms with E-state index in [1.807, 2.05) is 19.1 Å². The molecule has 0 saturated heterocycles. The lowest BCUT2D eigenvalue weighted by Gasteiger charge is -2.28. The number of hydrogen-bond acceptors (Lipinski definition) is 3. The van der Waals surface area contributed by atoms with Crippen LogP contribution in [0.25, 0.3) is 0 Å². The van der Waals surface area contributed by atoms with Gasteiger partial charge in [-0.1, -0.05) is 18.2 Å². The number of ether oxygens (including phenoxy) is 1. The number of amides is 1. The molecule has 1 N–H and O–H groups in total. The van der Waals surface area contributed by atoms with E-state index in [1.54, 1.807) is 0 Å². The van der Waals surface area contributed by atoms with Gasteiger partial charge in [0.15, 0.2) is 0 Å². The highest BCUT2D eigenvalue weighted by Crippen LogP contribution is 2.33. The molecule has 1 heterocycles. The second-order valence-corrected chi connectivity index (χ2v) is 7.08. The third-order valence-corrected chi connectivity index (χ3v) is 5.08. The molecule has 1 amide bonds. The SMILES string of the molecule is COc1ccc(C(F)(F)F)cc1C(=O)NC(C)c1cccc2c1CCN(C)C2. The number of hydrogen-bond donors (Lipinski definition) is 1. The van der Waals surface area contributed by atoms with Crippen molar-refractivity contribution in [2.75, 3.05) is 20.7 Å². The second kappa shape index (κ2) is 7.83. The molecule has 0 aliphatic carbocycles. The summed E-state index contributed by atoms with van der Waals surface area (Å²) in [6.07, 6.45) is -3.66. The molecule has 1 aliphatic rings. The van der Waals surface area contributed by atoms with Gasteiger partial charge in [0, 0.05) is 13.1 Å². The summed E-state index contributed by atoms with van der Waals surface area (Å²) in [7, 11) is 3.38. The van der Waals surface area contributed by atoms with E-state index in [4.69, 9.17) is 4.74 Å². The van der Waals surface area contributed by atoms with Gasteiger partial charge in [0.2, 0.25) is 0 Å². The molecule has 1 unspecified atom stereocenters. The Morgan fingerprint density at radius 2 is 2.00 bits per heavy atom. The smallest absolute Gasteiger partial charge is 0.416 e. The lowest BCUT2D eigenvalue weighted by Crippen LogP contribution is -2.31. The van der Waals surface area contributed by atoms with Crippen molar-refractivity contribution >= 4 is 5.91 Å². The van der Waals surface area contributed by atoms with Gasteiger partial charge in [-0.2, -0.15) is 13.2 Å². The van der Waals surface area contributed by atoms with Crippen LogP contribution in [0.1, 0.15) is 45.6 Å². The molecule has 4 nitrogen and oxygen atoms in total. The van der Waals surface area contributed by atoms with Gasteiger partial charge in [-0.25, -0.2) is 0 Å². The van der Waals surface area contributed by atoms with Gasteiger partial charge < -0.3 is 15.0 Å². The Labute approximate surface area is 162 Å². The van der Waals surface area contributed by atoms with Crippen LogP contribution in [0.4, 0.5) is 13.2 Å². The molecule has 0 saturated carbocycles. The maximum atomic E-state index is 13.0. The zero-order chi connectivity index (χ0) is 20.5. The minimum atomic E-state index is -4.53. The van der Waals surface area contributed by atoms with Gasteiger partial charge >= 0.3 is 6.18 Å². The summed E-state index contributed by atoms with van der Waals surface area (Å²) in [4.78, 5) is 15.0. The van der Waals surface area contributed by atoms with Crippen LogP contribution in [0, 0.1) is 0 Å². The van der Waals surface area contributed by atoms with Gasteiger partial charge in [0.1, 0.15) is 5.75 Å². The van der Waals surface area contributed by atoms with E-state index >= 15 is 0 Å². The highest BCUT2D eigenvalue weighted by atomic mass is 19.4. The zero-order valence-electron chi connectivity index (χ0n) is 16.1. The fraction of sp³-hybridized carbons (Fsp3) is 0.381. The molecule has 3 rings (SSSR count). The lowest BCUT2D eigenvalue weighted by molar-refractivity contribution is -0.137. The Morgan fingerprint density at radius 3 is 2.68 bits per heavy atom. The summed E-state index contributed by atoms with van der Waals surface area (Å²) in [6.45, 7) is 3.60. The summed E-state index contributed by atoms with van der Waals surface area (Å²) < 4.78 is 44.2. The minimum absolute atomic E-state index is 0.106. The standard InChI is InChI=1S/C21H23F3N2O2/c1-13(16-6-4-5-14-12-26(2)10-9-17(14)16)25-20(27)18-11-15(21(22,23)24)7-8-19(18)28-3/h4-8,11,13H,9-10,12H2,1-3H3,(H,25,27). The number of carbonyl (C=O) groups excluding carboxylic acids is 1. The second-order valence-electron chi connectivity index (χ2n) is 7.08. The van der Waals surface area contributed by atoms with E-state index in [-0.39, 0.29) is 17.4 Å². The molecule has 0 radical (unpaired) electrons. The van der Waals surface area contributed by atoms with Crippen molar-refractivity contribution in [2.45, 2.75) is 32.1 Å². The first-order chi connectivity index (χ1) is 13.2. The number of methoxy groups -OCH3 is 1. The maximum Gasteiger partial charge on any atom is 0.416 e. The van der Waals surface area contributed by atoms with E-state index in [0.717, 1.165) is 37.2 Å². The summed E-state index contributed by atoms with van der Waals surface area (Å²) in [5.41, 5.74) is 2.39. The average Bonchev–Trinajstić information content (AvgIpc) is 2.65. The third-order valence-electron chi connectivity index (χ3n) is 5.08. The van der Waals surface area contributed by atoms with Crippen molar-refractivity contribution in [1.82, 2.24) is 10.2 Å². The number of benzene rings is 2. The topological polar surface area (TPSA) is 41.6 Å². The number of nitrogens with zero attached hydrogens (tertiary/aromatic N) is 1. The Hall–Kier alpha value is -2.54. The summed E-state index contributed by atoms with van der Waals surface area (Å²) in [5, 5.41) is 2.83. The number of nitrogens with one attached hydrogen (secondary N) is 1. The van der Waals surface area contributed by atoms with Crippen LogP contribution in [0.3, 0.4) is 0 Å². The Kier molecular flexibility index (Phi) is 5.65. The largest absolute Gasteiger partial charge is 0.496 e. The van der Waals surface area contributed by atoms with Crippen molar-refractivity contribution in [3.8, 4) is 5.75 Å².